The van der Waals surface area contributed by atoms with Crippen molar-refractivity contribution in [3.63, 3.8) is 0 Å². The van der Waals surface area contributed by atoms with Crippen molar-refractivity contribution < 1.29 is 18.8 Å². The first kappa shape index (κ1) is 30.2. The van der Waals surface area contributed by atoms with Gasteiger partial charge in [0.05, 0.1) is 35.4 Å². The molecule has 1 aliphatic heterocycles. The number of nitrogens with zero attached hydrogens (tertiary/aromatic N) is 4. The number of methoxy groups -OCH3 is 1. The van der Waals surface area contributed by atoms with Gasteiger partial charge in [0, 0.05) is 55.1 Å². The molecular weight excluding hydrogens is 564 g/mol. The van der Waals surface area contributed by atoms with Gasteiger partial charge in [0.15, 0.2) is 0 Å². The van der Waals surface area contributed by atoms with Crippen LogP contribution in [0.1, 0.15) is 6.42 Å². The zero-order valence-corrected chi connectivity index (χ0v) is 24.9. The number of aryl methyl sites for hydroxylation is 1. The van der Waals surface area contributed by atoms with E-state index in [1.165, 1.54) is 6.08 Å². The number of benzene rings is 2. The van der Waals surface area contributed by atoms with Crippen LogP contribution in [-0.4, -0.2) is 69.5 Å². The number of likely N-dealkylation sites (tertiary alicyclic amines) is 1. The number of hydrogen-bond donors (Lipinski definition) is 3. The van der Waals surface area contributed by atoms with Gasteiger partial charge in [-0.15, -0.1) is 0 Å². The number of para-hydroxylation sites is 1. The van der Waals surface area contributed by atoms with E-state index in [9.17, 15) is 4.79 Å². The summed E-state index contributed by atoms with van der Waals surface area (Å²) in [5.74, 6) is 0.989. The third-order valence-electron chi connectivity index (χ3n) is 6.53. The largest absolute Gasteiger partial charge is 0.494 e. The predicted octanol–water partition coefficient (Wildman–Crippen LogP) is 6.07. The van der Waals surface area contributed by atoms with Gasteiger partial charge in [-0.2, -0.15) is 0 Å². The molecule has 0 bridgehead atoms. The van der Waals surface area contributed by atoms with E-state index in [0.717, 1.165) is 48.0 Å². The Kier molecular flexibility index (Phi) is 10.1. The van der Waals surface area contributed by atoms with Gasteiger partial charge in [0.25, 0.3) is 0 Å². The molecule has 12 heteroatoms. The number of carbonyl (C=O) groups is 1. The van der Waals surface area contributed by atoms with E-state index in [-0.39, 0.29) is 12.0 Å². The Balaban J connectivity index is 0.00000124. The van der Waals surface area contributed by atoms with Crippen LogP contribution in [0.3, 0.4) is 0 Å². The van der Waals surface area contributed by atoms with Crippen LogP contribution in [0, 0.1) is 0 Å². The monoisotopic (exact) mass is 596 g/mol. The van der Waals surface area contributed by atoms with Gasteiger partial charge in [-0.05, 0) is 43.7 Å². The van der Waals surface area contributed by atoms with E-state index in [0.29, 0.717) is 39.5 Å². The summed E-state index contributed by atoms with van der Waals surface area (Å²) in [6.07, 6.45) is 7.27. The number of hydrogen-bond acceptors (Lipinski definition) is 9. The first-order valence-corrected chi connectivity index (χ1v) is 14.4. The number of carbonyl (C=O) groups excluding carboxylic acids is 1. The Morgan fingerprint density at radius 2 is 2.00 bits per heavy atom. The van der Waals surface area contributed by atoms with E-state index in [2.05, 4.69) is 34.1 Å². The molecule has 0 aliphatic carbocycles. The molecule has 5 rings (SSSR count). The average Bonchev–Trinajstić information content (AvgIpc) is 3.53. The second kappa shape index (κ2) is 13.7. The quantitative estimate of drug-likeness (QED) is 0.165. The lowest BCUT2D eigenvalue weighted by Crippen LogP contribution is -2.22. The van der Waals surface area contributed by atoms with Crippen molar-refractivity contribution in [1.82, 2.24) is 19.4 Å². The molecule has 1 unspecified atom stereocenters. The van der Waals surface area contributed by atoms with Crippen LogP contribution in [0.25, 0.3) is 22.2 Å². The minimum absolute atomic E-state index is 0.00532. The Morgan fingerprint density at radius 3 is 2.68 bits per heavy atom. The second-order valence-corrected chi connectivity index (χ2v) is 10.2. The summed E-state index contributed by atoms with van der Waals surface area (Å²) in [5, 5.41) is 7.53. The SMILES string of the molecule is C=CC(=O)Nc1cc(Nc2ncc(Cl)c(-c3cn(C)c4ccccc34)n2)c(OC)cc1OC1CCN(C)C1.CSO. The van der Waals surface area contributed by atoms with E-state index in [1.54, 1.807) is 31.7 Å². The van der Waals surface area contributed by atoms with E-state index >= 15 is 0 Å². The van der Waals surface area contributed by atoms with Crippen molar-refractivity contribution >= 4 is 57.8 Å². The molecule has 4 aromatic rings. The maximum atomic E-state index is 12.2. The lowest BCUT2D eigenvalue weighted by molar-refractivity contribution is -0.111. The van der Waals surface area contributed by atoms with Gasteiger partial charge in [-0.3, -0.25) is 4.79 Å². The highest BCUT2D eigenvalue weighted by atomic mass is 35.5. The highest BCUT2D eigenvalue weighted by molar-refractivity contribution is 7.93. The van der Waals surface area contributed by atoms with Crippen LogP contribution in [0.2, 0.25) is 5.02 Å². The maximum Gasteiger partial charge on any atom is 0.247 e. The fourth-order valence-corrected chi connectivity index (χ4v) is 4.84. The van der Waals surface area contributed by atoms with Crippen LogP contribution in [0.15, 0.2) is 61.4 Å². The summed E-state index contributed by atoms with van der Waals surface area (Å²) in [7, 11) is 5.60. The van der Waals surface area contributed by atoms with Gasteiger partial charge in [-0.1, -0.05) is 36.4 Å². The van der Waals surface area contributed by atoms with Crippen molar-refractivity contribution in [2.24, 2.45) is 7.05 Å². The molecule has 1 aliphatic rings. The van der Waals surface area contributed by atoms with Gasteiger partial charge in [0.1, 0.15) is 17.6 Å². The van der Waals surface area contributed by atoms with E-state index in [1.807, 2.05) is 42.1 Å². The van der Waals surface area contributed by atoms with Gasteiger partial charge >= 0.3 is 0 Å². The fourth-order valence-electron chi connectivity index (χ4n) is 4.64. The molecule has 2 aromatic heterocycles. The lowest BCUT2D eigenvalue weighted by atomic mass is 10.1. The smallest absolute Gasteiger partial charge is 0.247 e. The van der Waals surface area contributed by atoms with Crippen LogP contribution in [0.4, 0.5) is 17.3 Å². The highest BCUT2D eigenvalue weighted by Crippen LogP contribution is 2.40. The summed E-state index contributed by atoms with van der Waals surface area (Å²) >= 11 is 7.30. The van der Waals surface area contributed by atoms with Crippen molar-refractivity contribution in [2.45, 2.75) is 12.5 Å². The Morgan fingerprint density at radius 1 is 1.24 bits per heavy atom. The number of aromatic nitrogens is 3. The molecule has 1 fully saturated rings. The topological polar surface area (TPSA) is 114 Å². The lowest BCUT2D eigenvalue weighted by Gasteiger charge is -2.20. The molecule has 3 N–H and O–H groups in total. The van der Waals surface area contributed by atoms with Crippen LogP contribution < -0.4 is 20.1 Å². The summed E-state index contributed by atoms with van der Waals surface area (Å²) in [4.78, 5) is 23.5. The third kappa shape index (κ3) is 7.12. The van der Waals surface area contributed by atoms with Crippen molar-refractivity contribution in [3.05, 3.63) is 66.5 Å². The number of anilines is 3. The fraction of sp³-hybridized carbons (Fsp3) is 0.276. The number of likely N-dealkylation sites (N-methyl/N-ethyl adjacent to an activating group) is 1. The number of amides is 1. The normalized spacial score (nSPS) is 14.7. The van der Waals surface area contributed by atoms with E-state index < -0.39 is 0 Å². The number of halogens is 1. The van der Waals surface area contributed by atoms with Gasteiger partial charge in [-0.25, -0.2) is 9.97 Å². The first-order chi connectivity index (χ1) is 19.8. The molecule has 0 spiro atoms. The van der Waals surface area contributed by atoms with Gasteiger partial charge in [0.2, 0.25) is 11.9 Å². The summed E-state index contributed by atoms with van der Waals surface area (Å²) in [6, 6.07) is 11.6. The van der Waals surface area contributed by atoms with Crippen LogP contribution in [0.5, 0.6) is 11.5 Å². The van der Waals surface area contributed by atoms with Crippen molar-refractivity contribution in [2.75, 3.05) is 44.1 Å². The third-order valence-corrected chi connectivity index (χ3v) is 6.81. The molecule has 216 valence electrons. The van der Waals surface area contributed by atoms with Crippen LogP contribution >= 0.6 is 23.6 Å². The van der Waals surface area contributed by atoms with E-state index in [4.69, 9.17) is 30.6 Å². The minimum Gasteiger partial charge on any atom is -0.494 e. The van der Waals surface area contributed by atoms with Gasteiger partial charge < -0.3 is 34.1 Å². The summed E-state index contributed by atoms with van der Waals surface area (Å²) in [6.45, 7) is 5.31. The molecule has 3 heterocycles. The Hall–Kier alpha value is -3.77. The molecule has 0 radical (unpaired) electrons. The minimum atomic E-state index is -0.351. The highest BCUT2D eigenvalue weighted by Gasteiger charge is 2.24. The first-order valence-electron chi connectivity index (χ1n) is 12.8. The number of nitrogens with one attached hydrogen (secondary N) is 2. The van der Waals surface area contributed by atoms with Crippen molar-refractivity contribution in [1.29, 1.82) is 0 Å². The maximum absolute atomic E-state index is 12.2. The second-order valence-electron chi connectivity index (χ2n) is 9.40. The molecule has 41 heavy (non-hydrogen) atoms. The molecule has 2 aromatic carbocycles. The number of ether oxygens (including phenoxy) is 2. The zero-order valence-electron chi connectivity index (χ0n) is 23.3. The molecule has 1 atom stereocenters. The van der Waals surface area contributed by atoms with Crippen molar-refractivity contribution in [3.8, 4) is 22.8 Å². The molecule has 1 saturated heterocycles. The molecule has 1 amide bonds. The standard InChI is InChI=1S/C28H29ClN6O3.CH4OS/c1-5-26(36)31-22-12-21(24(37-4)13-25(22)38-17-10-11-34(2)15-17)32-28-30-14-20(29)27(33-28)19-16-35(3)23-9-7-6-8-18(19)23;1-3-2/h5-9,12-14,16-17H,1,10-11,15H2,2-4H3,(H,31,36)(H,30,32,33);2H,1H3. The summed E-state index contributed by atoms with van der Waals surface area (Å²) in [5.41, 5.74) is 3.60. The Bertz CT molecular complexity index is 1550. The molecule has 10 nitrogen and oxygen atoms in total. The Labute approximate surface area is 248 Å². The summed E-state index contributed by atoms with van der Waals surface area (Å²) < 4.78 is 21.4. The number of rotatable bonds is 8. The average molecular weight is 597 g/mol. The van der Waals surface area contributed by atoms with Crippen LogP contribution in [-0.2, 0) is 11.8 Å². The number of fused-ring (bicyclic) bond motifs is 1. The predicted molar refractivity (Wildman–Crippen MR) is 167 cm³/mol. The zero-order chi connectivity index (χ0) is 29.5. The molecular formula is C29H33ClN6O4S. The molecule has 0 saturated carbocycles.